The van der Waals surface area contributed by atoms with Crippen molar-refractivity contribution in [3.63, 3.8) is 0 Å². The monoisotopic (exact) mass is 313 g/mol. The van der Waals surface area contributed by atoms with Gasteiger partial charge in [0.1, 0.15) is 10.6 Å². The largest absolute Gasteiger partial charge is 0.382 e. The molecular formula is C14H27N5OS. The second kappa shape index (κ2) is 8.19. The molecule has 0 saturated carbocycles. The number of hydrogen-bond donors (Lipinski definition) is 3. The van der Waals surface area contributed by atoms with Gasteiger partial charge >= 0.3 is 0 Å². The van der Waals surface area contributed by atoms with Gasteiger partial charge in [0.2, 0.25) is 0 Å². The summed E-state index contributed by atoms with van der Waals surface area (Å²) in [5.74, 6) is 0.116. The van der Waals surface area contributed by atoms with E-state index in [1.807, 2.05) is 13.8 Å². The molecule has 1 aromatic rings. The maximum Gasteiger partial charge on any atom is 0.258 e. The molecule has 6 nitrogen and oxygen atoms in total. The topological polar surface area (TPSA) is 83.3 Å². The van der Waals surface area contributed by atoms with Crippen LogP contribution in [0, 0.1) is 0 Å². The number of anilines is 2. The number of likely N-dealkylation sites (N-methyl/N-ethyl adjacent to an activating group) is 1. The molecule has 0 aliphatic carbocycles. The van der Waals surface area contributed by atoms with Crippen molar-refractivity contribution in [2.45, 2.75) is 46.2 Å². The number of hydrogen-bond acceptors (Lipinski definition) is 6. The molecular weight excluding hydrogens is 286 g/mol. The molecule has 0 fully saturated rings. The maximum atomic E-state index is 12.1. The highest BCUT2D eigenvalue weighted by Crippen LogP contribution is 2.26. The van der Waals surface area contributed by atoms with E-state index in [0.717, 1.165) is 24.5 Å². The minimum absolute atomic E-state index is 0.0705. The fourth-order valence-corrected chi connectivity index (χ4v) is 2.59. The lowest BCUT2D eigenvalue weighted by molar-refractivity contribution is 0.0945. The van der Waals surface area contributed by atoms with Crippen LogP contribution in [0.5, 0.6) is 0 Å². The van der Waals surface area contributed by atoms with Crippen LogP contribution in [0.25, 0.3) is 0 Å². The molecule has 1 heterocycles. The van der Waals surface area contributed by atoms with Gasteiger partial charge in [-0.2, -0.15) is 4.37 Å². The normalized spacial score (nSPS) is 12.7. The Morgan fingerprint density at radius 3 is 2.67 bits per heavy atom. The Morgan fingerprint density at radius 2 is 2.10 bits per heavy atom. The molecule has 0 aliphatic rings. The third kappa shape index (κ3) is 5.17. The van der Waals surface area contributed by atoms with Gasteiger partial charge in [0.25, 0.3) is 5.91 Å². The van der Waals surface area contributed by atoms with Crippen molar-refractivity contribution >= 4 is 28.3 Å². The minimum atomic E-state index is -0.172. The van der Waals surface area contributed by atoms with Crippen LogP contribution in [0.1, 0.15) is 44.5 Å². The van der Waals surface area contributed by atoms with Crippen LogP contribution in [0.3, 0.4) is 0 Å². The van der Waals surface area contributed by atoms with E-state index in [-0.39, 0.29) is 17.8 Å². The molecule has 21 heavy (non-hydrogen) atoms. The van der Waals surface area contributed by atoms with Crippen molar-refractivity contribution in [3.8, 4) is 0 Å². The molecule has 0 aliphatic heterocycles. The number of carbonyl (C=O) groups excluding carboxylic acids is 1. The van der Waals surface area contributed by atoms with Gasteiger partial charge < -0.3 is 21.3 Å². The van der Waals surface area contributed by atoms with E-state index >= 15 is 0 Å². The number of aromatic nitrogens is 1. The summed E-state index contributed by atoms with van der Waals surface area (Å²) in [4.78, 5) is 14.4. The smallest absolute Gasteiger partial charge is 0.258 e. The van der Waals surface area contributed by atoms with Crippen molar-refractivity contribution in [2.24, 2.45) is 0 Å². The SMILES string of the molecule is CCC(C)N(C)CCNc1snc(N)c1C(=O)NC(C)C. The third-order valence-electron chi connectivity index (χ3n) is 3.46. The number of nitrogen functional groups attached to an aromatic ring is 1. The highest BCUT2D eigenvalue weighted by molar-refractivity contribution is 7.11. The molecule has 1 unspecified atom stereocenters. The number of nitrogens with one attached hydrogen (secondary N) is 2. The lowest BCUT2D eigenvalue weighted by atomic mass is 10.2. The highest BCUT2D eigenvalue weighted by atomic mass is 32.1. The van der Waals surface area contributed by atoms with Crippen LogP contribution in [-0.4, -0.2) is 47.4 Å². The second-order valence-corrected chi connectivity index (χ2v) is 6.34. The van der Waals surface area contributed by atoms with E-state index < -0.39 is 0 Å². The van der Waals surface area contributed by atoms with E-state index in [0.29, 0.717) is 11.6 Å². The molecule has 1 amide bonds. The first-order chi connectivity index (χ1) is 9.86. The standard InChI is InChI=1S/C14H27N5OS/c1-6-10(4)19(5)8-7-16-14-11(12(15)18-21-14)13(20)17-9(2)3/h9-10,16H,6-8H2,1-5H3,(H2,15,18)(H,17,20). The molecule has 0 radical (unpaired) electrons. The third-order valence-corrected chi connectivity index (χ3v) is 4.28. The average molecular weight is 313 g/mol. The van der Waals surface area contributed by atoms with E-state index in [2.05, 4.69) is 40.8 Å². The quantitative estimate of drug-likeness (QED) is 0.684. The van der Waals surface area contributed by atoms with Gasteiger partial charge in [0, 0.05) is 25.2 Å². The van der Waals surface area contributed by atoms with E-state index in [1.165, 1.54) is 11.5 Å². The Morgan fingerprint density at radius 1 is 1.43 bits per heavy atom. The Labute approximate surface area is 131 Å². The van der Waals surface area contributed by atoms with Crippen molar-refractivity contribution < 1.29 is 4.79 Å². The predicted molar refractivity (Wildman–Crippen MR) is 90.0 cm³/mol. The van der Waals surface area contributed by atoms with E-state index in [9.17, 15) is 4.79 Å². The number of nitrogens with two attached hydrogens (primary N) is 1. The molecule has 1 atom stereocenters. The summed E-state index contributed by atoms with van der Waals surface area (Å²) in [5, 5.41) is 6.86. The summed E-state index contributed by atoms with van der Waals surface area (Å²) >= 11 is 1.23. The van der Waals surface area contributed by atoms with Gasteiger partial charge in [0.05, 0.1) is 0 Å². The Hall–Kier alpha value is -1.34. The molecule has 1 aromatic heterocycles. The van der Waals surface area contributed by atoms with E-state index in [1.54, 1.807) is 0 Å². The number of carbonyl (C=O) groups is 1. The zero-order chi connectivity index (χ0) is 16.0. The summed E-state index contributed by atoms with van der Waals surface area (Å²) in [6, 6.07) is 0.614. The maximum absolute atomic E-state index is 12.1. The lowest BCUT2D eigenvalue weighted by Crippen LogP contribution is -2.33. The number of amides is 1. The first-order valence-electron chi connectivity index (χ1n) is 7.36. The molecule has 1 rings (SSSR count). The molecule has 120 valence electrons. The van der Waals surface area contributed by atoms with Crippen LogP contribution < -0.4 is 16.4 Å². The van der Waals surface area contributed by atoms with Crippen molar-refractivity contribution in [1.82, 2.24) is 14.6 Å². The fourth-order valence-electron chi connectivity index (χ4n) is 1.85. The van der Waals surface area contributed by atoms with Crippen molar-refractivity contribution in [2.75, 3.05) is 31.2 Å². The van der Waals surface area contributed by atoms with Gasteiger partial charge in [0.15, 0.2) is 5.82 Å². The first-order valence-corrected chi connectivity index (χ1v) is 8.14. The predicted octanol–water partition coefficient (Wildman–Crippen LogP) is 2.01. The van der Waals surface area contributed by atoms with Crippen LogP contribution in [0.15, 0.2) is 0 Å². The van der Waals surface area contributed by atoms with Crippen LogP contribution >= 0.6 is 11.5 Å². The van der Waals surface area contributed by atoms with Gasteiger partial charge in [-0.25, -0.2) is 0 Å². The Kier molecular flexibility index (Phi) is 6.91. The molecule has 4 N–H and O–H groups in total. The molecule has 7 heteroatoms. The summed E-state index contributed by atoms with van der Waals surface area (Å²) in [6.45, 7) is 9.87. The highest BCUT2D eigenvalue weighted by Gasteiger charge is 2.19. The second-order valence-electron chi connectivity index (χ2n) is 5.56. The van der Waals surface area contributed by atoms with Crippen LogP contribution in [0.4, 0.5) is 10.8 Å². The molecule has 0 saturated heterocycles. The van der Waals surface area contributed by atoms with Crippen LogP contribution in [0.2, 0.25) is 0 Å². The van der Waals surface area contributed by atoms with Crippen molar-refractivity contribution in [3.05, 3.63) is 5.56 Å². The Bertz CT molecular complexity index is 460. The molecule has 0 aromatic carbocycles. The summed E-state index contributed by atoms with van der Waals surface area (Å²) in [7, 11) is 2.10. The van der Waals surface area contributed by atoms with E-state index in [4.69, 9.17) is 5.73 Å². The lowest BCUT2D eigenvalue weighted by Gasteiger charge is -2.23. The summed E-state index contributed by atoms with van der Waals surface area (Å²) in [6.07, 6.45) is 1.12. The summed E-state index contributed by atoms with van der Waals surface area (Å²) in [5.41, 5.74) is 6.27. The molecule has 0 bridgehead atoms. The van der Waals surface area contributed by atoms with Gasteiger partial charge in [-0.15, -0.1) is 0 Å². The fraction of sp³-hybridized carbons (Fsp3) is 0.714. The summed E-state index contributed by atoms with van der Waals surface area (Å²) < 4.78 is 4.08. The molecule has 0 spiro atoms. The van der Waals surface area contributed by atoms with Crippen molar-refractivity contribution in [1.29, 1.82) is 0 Å². The Balaban J connectivity index is 2.62. The zero-order valence-electron chi connectivity index (χ0n) is 13.6. The zero-order valence-corrected chi connectivity index (χ0v) is 14.4. The minimum Gasteiger partial charge on any atom is -0.382 e. The number of rotatable bonds is 8. The number of nitrogens with zero attached hydrogens (tertiary/aromatic N) is 2. The van der Waals surface area contributed by atoms with Crippen LogP contribution in [-0.2, 0) is 0 Å². The first kappa shape index (κ1) is 17.7. The van der Waals surface area contributed by atoms with Gasteiger partial charge in [-0.3, -0.25) is 4.79 Å². The average Bonchev–Trinajstić information content (AvgIpc) is 2.78. The van der Waals surface area contributed by atoms with Gasteiger partial charge in [-0.05, 0) is 45.8 Å². The van der Waals surface area contributed by atoms with Gasteiger partial charge in [-0.1, -0.05) is 6.92 Å².